The van der Waals surface area contributed by atoms with Gasteiger partial charge in [0.05, 0.1) is 53.0 Å². The van der Waals surface area contributed by atoms with Crippen LogP contribution in [0.2, 0.25) is 0 Å². The Balaban J connectivity index is 1.05. The second-order valence-electron chi connectivity index (χ2n) is 15.6. The number of nitrogens with one attached hydrogen (secondary N) is 1. The number of nitrogens with two attached hydrogens (primary N) is 1. The number of anilines is 1. The van der Waals surface area contributed by atoms with Gasteiger partial charge in [0.1, 0.15) is 35.6 Å². The maximum atomic E-state index is 14.0. The summed E-state index contributed by atoms with van der Waals surface area (Å²) in [5, 5.41) is 58.2. The van der Waals surface area contributed by atoms with E-state index in [0.717, 1.165) is 5.56 Å². The zero-order valence-corrected chi connectivity index (χ0v) is 34.2. The molecule has 3 aromatic carbocycles. The standard InChI is InChI=1S/C43H47N3O14S/c1-20-37(51)25(45-30(49)8-3-5-21-9-11-22(12-10-21)46-31(50)16-28(42(46)56)61-14-13-44)15-32(59-20)60-27-18-43(57,29(48)19-47)17-24-34(27)41(55)36-35(39(24)53)38(52)23-6-4-7-26(58-2)33(23)40(36)54/h4,6-7,9-12,20,25,27-28,32,37,47,51,53,55,57H,3,5,8,13-19,44H2,1-2H3,(H,45,49)/t20-,25-,27-,28?,32-,37+,43-/m0/s1. The Morgan fingerprint density at radius 2 is 1.75 bits per heavy atom. The third-order valence-corrected chi connectivity index (χ3v) is 13.0. The molecular weight excluding hydrogens is 815 g/mol. The van der Waals surface area contributed by atoms with Gasteiger partial charge in [0.15, 0.2) is 17.9 Å². The maximum Gasteiger partial charge on any atom is 0.247 e. The molecule has 2 fully saturated rings. The highest BCUT2D eigenvalue weighted by atomic mass is 32.2. The number of methoxy groups -OCH3 is 1. The monoisotopic (exact) mass is 861 g/mol. The van der Waals surface area contributed by atoms with Crippen LogP contribution < -0.4 is 20.7 Å². The number of imide groups is 1. The first kappa shape index (κ1) is 43.9. The van der Waals surface area contributed by atoms with Crippen molar-refractivity contribution in [2.45, 2.75) is 93.4 Å². The number of hydrogen-bond donors (Lipinski definition) is 7. The van der Waals surface area contributed by atoms with Crippen LogP contribution in [-0.4, -0.2) is 122 Å². The SMILES string of the molecule is COc1cccc2c1C(=O)c1c(O)c3c(c(O)c1C2=O)C[C@@](O)(C(=O)CO)C[C@@H]3O[C@H]1C[C@H](NC(=O)CCCc2ccc(N3C(=O)CC(SCCN)C3=O)cc2)[C@H](O)[C@H](C)O1. The van der Waals surface area contributed by atoms with E-state index in [1.54, 1.807) is 31.2 Å². The van der Waals surface area contributed by atoms with Gasteiger partial charge in [-0.2, -0.15) is 0 Å². The third kappa shape index (κ3) is 8.16. The number of hydrogen-bond acceptors (Lipinski definition) is 16. The number of carbonyl (C=O) groups is 6. The Bertz CT molecular complexity index is 2280. The molecule has 3 amide bonds. The number of ether oxygens (including phenoxy) is 3. The first-order valence-corrected chi connectivity index (χ1v) is 21.0. The van der Waals surface area contributed by atoms with E-state index in [1.807, 2.05) is 0 Å². The Morgan fingerprint density at radius 3 is 2.44 bits per heavy atom. The lowest BCUT2D eigenvalue weighted by Crippen LogP contribution is -2.55. The van der Waals surface area contributed by atoms with Gasteiger partial charge in [-0.05, 0) is 43.5 Å². The number of Topliss-reactive ketones (excluding diaryl/α,β-unsaturated/α-hetero) is 1. The minimum Gasteiger partial charge on any atom is -0.507 e. The van der Waals surface area contributed by atoms with Gasteiger partial charge in [-0.15, -0.1) is 11.8 Å². The van der Waals surface area contributed by atoms with Crippen LogP contribution in [0.5, 0.6) is 17.2 Å². The predicted octanol–water partition coefficient (Wildman–Crippen LogP) is 1.51. The molecule has 2 aliphatic carbocycles. The number of ketones is 3. The van der Waals surface area contributed by atoms with E-state index < -0.39 is 101 Å². The fraction of sp³-hybridized carbons (Fsp3) is 0.442. The highest BCUT2D eigenvalue weighted by Crippen LogP contribution is 2.52. The van der Waals surface area contributed by atoms with E-state index >= 15 is 0 Å². The summed E-state index contributed by atoms with van der Waals surface area (Å²) in [5.41, 5.74) is 2.81. The van der Waals surface area contributed by atoms with Crippen LogP contribution in [-0.2, 0) is 41.5 Å². The van der Waals surface area contributed by atoms with E-state index in [1.165, 1.54) is 42.0 Å². The topological polar surface area (TPSA) is 273 Å². The fourth-order valence-electron chi connectivity index (χ4n) is 8.62. The number of aryl methyl sites for hydroxylation is 1. The Labute approximate surface area is 354 Å². The highest BCUT2D eigenvalue weighted by molar-refractivity contribution is 8.00. The zero-order valence-electron chi connectivity index (χ0n) is 33.4. The molecule has 8 N–H and O–H groups in total. The van der Waals surface area contributed by atoms with Crippen LogP contribution >= 0.6 is 11.8 Å². The molecule has 17 nitrogen and oxygen atoms in total. The number of phenolic OH excluding ortho intramolecular Hbond substituents is 2. The molecule has 4 aliphatic rings. The molecule has 61 heavy (non-hydrogen) atoms. The Kier molecular flexibility index (Phi) is 12.7. The second kappa shape index (κ2) is 17.6. The summed E-state index contributed by atoms with van der Waals surface area (Å²) in [4.78, 5) is 80.5. The number of benzene rings is 3. The quantitative estimate of drug-likeness (QED) is 0.0699. The molecule has 0 spiro atoms. The number of carbonyl (C=O) groups excluding carboxylic acids is 6. The molecule has 2 heterocycles. The number of amides is 3. The summed E-state index contributed by atoms with van der Waals surface area (Å²) in [6, 6.07) is 10.4. The molecule has 0 saturated carbocycles. The number of nitrogens with zero attached hydrogens (tertiary/aromatic N) is 1. The average molecular weight is 862 g/mol. The number of aliphatic hydroxyl groups is 3. The Hall–Kier alpha value is -5.21. The van der Waals surface area contributed by atoms with E-state index in [0.29, 0.717) is 30.8 Å². The number of fused-ring (bicyclic) bond motifs is 3. The smallest absolute Gasteiger partial charge is 0.247 e. The van der Waals surface area contributed by atoms with Crippen LogP contribution in [0.4, 0.5) is 5.69 Å². The molecule has 0 bridgehead atoms. The van der Waals surface area contributed by atoms with Crippen molar-refractivity contribution in [3.63, 3.8) is 0 Å². The summed E-state index contributed by atoms with van der Waals surface area (Å²) in [6.07, 6.45) is -5.08. The van der Waals surface area contributed by atoms with Gasteiger partial charge in [0, 0.05) is 61.1 Å². The molecule has 3 aromatic rings. The van der Waals surface area contributed by atoms with Gasteiger partial charge in [0.2, 0.25) is 23.5 Å². The van der Waals surface area contributed by atoms with Gasteiger partial charge >= 0.3 is 0 Å². The first-order valence-electron chi connectivity index (χ1n) is 19.9. The normalized spacial score (nSPS) is 25.8. The summed E-state index contributed by atoms with van der Waals surface area (Å²) in [7, 11) is 1.30. The largest absolute Gasteiger partial charge is 0.507 e. The van der Waals surface area contributed by atoms with Crippen molar-refractivity contribution in [1.82, 2.24) is 5.32 Å². The van der Waals surface area contributed by atoms with Crippen molar-refractivity contribution in [2.24, 2.45) is 5.73 Å². The lowest BCUT2D eigenvalue weighted by molar-refractivity contribution is -0.249. The minimum atomic E-state index is -2.35. The van der Waals surface area contributed by atoms with Crippen LogP contribution in [0.25, 0.3) is 0 Å². The summed E-state index contributed by atoms with van der Waals surface area (Å²) in [5.74, 6) is -4.46. The van der Waals surface area contributed by atoms with Gasteiger partial charge < -0.3 is 50.8 Å². The summed E-state index contributed by atoms with van der Waals surface area (Å²) < 4.78 is 17.5. The first-order chi connectivity index (χ1) is 29.1. The third-order valence-electron chi connectivity index (χ3n) is 11.7. The molecule has 18 heteroatoms. The second-order valence-corrected chi connectivity index (χ2v) is 16.9. The van der Waals surface area contributed by atoms with E-state index in [2.05, 4.69) is 5.32 Å². The molecule has 2 saturated heterocycles. The molecule has 0 radical (unpaired) electrons. The maximum absolute atomic E-state index is 14.0. The van der Waals surface area contributed by atoms with E-state index in [-0.39, 0.29) is 65.0 Å². The van der Waals surface area contributed by atoms with Crippen LogP contribution in [0.1, 0.15) is 93.7 Å². The summed E-state index contributed by atoms with van der Waals surface area (Å²) >= 11 is 1.36. The molecule has 2 aliphatic heterocycles. The number of rotatable bonds is 14. The predicted molar refractivity (Wildman–Crippen MR) is 218 cm³/mol. The van der Waals surface area contributed by atoms with Crippen molar-refractivity contribution in [3.05, 3.63) is 81.4 Å². The molecule has 1 unspecified atom stereocenters. The van der Waals surface area contributed by atoms with Crippen molar-refractivity contribution >= 4 is 52.5 Å². The van der Waals surface area contributed by atoms with Gasteiger partial charge in [-0.1, -0.05) is 24.3 Å². The van der Waals surface area contributed by atoms with Gasteiger partial charge in [-0.25, -0.2) is 4.90 Å². The molecule has 0 aromatic heterocycles. The molecule has 7 atom stereocenters. The Morgan fingerprint density at radius 1 is 1.03 bits per heavy atom. The van der Waals surface area contributed by atoms with Crippen LogP contribution in [0.15, 0.2) is 42.5 Å². The van der Waals surface area contributed by atoms with E-state index in [4.69, 9.17) is 19.9 Å². The minimum absolute atomic E-state index is 0.0567. The van der Waals surface area contributed by atoms with E-state index in [9.17, 15) is 54.3 Å². The van der Waals surface area contributed by atoms with Gasteiger partial charge in [0.25, 0.3) is 0 Å². The number of thioether (sulfide) groups is 1. The molecule has 7 rings (SSSR count). The van der Waals surface area contributed by atoms with Gasteiger partial charge in [-0.3, -0.25) is 28.8 Å². The van der Waals surface area contributed by atoms with Crippen molar-refractivity contribution < 1.29 is 68.5 Å². The van der Waals surface area contributed by atoms with Crippen molar-refractivity contribution in [1.29, 1.82) is 0 Å². The fourth-order valence-corrected chi connectivity index (χ4v) is 9.55. The zero-order chi connectivity index (χ0) is 43.9. The van der Waals surface area contributed by atoms with Crippen LogP contribution in [0.3, 0.4) is 0 Å². The highest BCUT2D eigenvalue weighted by Gasteiger charge is 2.50. The lowest BCUT2D eigenvalue weighted by atomic mass is 9.72. The van der Waals surface area contributed by atoms with Crippen LogP contribution in [0, 0.1) is 0 Å². The number of aliphatic hydroxyl groups excluding tert-OH is 2. The number of phenols is 2. The van der Waals surface area contributed by atoms with Crippen molar-refractivity contribution in [3.8, 4) is 17.2 Å². The molecular formula is C43H47N3O14S. The average Bonchev–Trinajstić information content (AvgIpc) is 3.52. The number of aromatic hydroxyl groups is 2. The molecule has 324 valence electrons. The van der Waals surface area contributed by atoms with Crippen molar-refractivity contribution in [2.75, 3.05) is 30.9 Å². The lowest BCUT2D eigenvalue weighted by Gasteiger charge is -2.43. The summed E-state index contributed by atoms with van der Waals surface area (Å²) in [6.45, 7) is 0.863.